The van der Waals surface area contributed by atoms with Crippen molar-refractivity contribution in [2.45, 2.75) is 46.0 Å². The molecular formula is C9H18OS. The van der Waals surface area contributed by atoms with Gasteiger partial charge in [0.1, 0.15) is 0 Å². The summed E-state index contributed by atoms with van der Waals surface area (Å²) in [6, 6.07) is 0. The van der Waals surface area contributed by atoms with Gasteiger partial charge in [-0.15, -0.1) is 0 Å². The molecular weight excluding hydrogens is 156 g/mol. The van der Waals surface area contributed by atoms with Crippen LogP contribution in [0.4, 0.5) is 0 Å². The van der Waals surface area contributed by atoms with Crippen molar-refractivity contribution >= 4 is 16.9 Å². The third kappa shape index (κ3) is 7.92. The fourth-order valence-electron chi connectivity index (χ4n) is 0.814. The molecule has 0 fully saturated rings. The van der Waals surface area contributed by atoms with E-state index < -0.39 is 0 Å². The van der Waals surface area contributed by atoms with Crippen LogP contribution in [-0.2, 0) is 4.79 Å². The highest BCUT2D eigenvalue weighted by Gasteiger charge is 1.98. The van der Waals surface area contributed by atoms with Gasteiger partial charge in [-0.05, 0) is 12.8 Å². The van der Waals surface area contributed by atoms with Gasteiger partial charge >= 0.3 is 0 Å². The van der Waals surface area contributed by atoms with Crippen LogP contribution in [0.25, 0.3) is 0 Å². The molecule has 0 aliphatic rings. The third-order valence-corrected chi connectivity index (χ3v) is 2.48. The van der Waals surface area contributed by atoms with E-state index in [2.05, 4.69) is 6.92 Å². The van der Waals surface area contributed by atoms with Crippen LogP contribution in [0.2, 0.25) is 0 Å². The minimum absolute atomic E-state index is 0.364. The summed E-state index contributed by atoms with van der Waals surface area (Å²) in [6.45, 7) is 4.23. The Morgan fingerprint density at radius 1 is 1.18 bits per heavy atom. The van der Waals surface area contributed by atoms with Crippen molar-refractivity contribution < 1.29 is 4.79 Å². The molecule has 0 bridgehead atoms. The molecule has 0 aromatic carbocycles. The molecule has 0 aliphatic carbocycles. The van der Waals surface area contributed by atoms with Crippen LogP contribution in [-0.4, -0.2) is 10.9 Å². The Labute approximate surface area is 73.9 Å². The number of carbonyl (C=O) groups excluding carboxylic acids is 1. The summed E-state index contributed by atoms with van der Waals surface area (Å²) in [7, 11) is 0. The van der Waals surface area contributed by atoms with Crippen LogP contribution in [0, 0.1) is 0 Å². The first-order valence-corrected chi connectivity index (χ1v) is 5.45. The normalized spacial score (nSPS) is 10.0. The molecule has 0 atom stereocenters. The van der Waals surface area contributed by atoms with E-state index in [4.69, 9.17) is 0 Å². The van der Waals surface area contributed by atoms with Gasteiger partial charge in [-0.3, -0.25) is 4.79 Å². The van der Waals surface area contributed by atoms with Gasteiger partial charge in [0.25, 0.3) is 0 Å². The minimum Gasteiger partial charge on any atom is -0.287 e. The van der Waals surface area contributed by atoms with Gasteiger partial charge in [0, 0.05) is 12.2 Å². The molecule has 2 heteroatoms. The Hall–Kier alpha value is 0.0200. The largest absolute Gasteiger partial charge is 0.287 e. The summed E-state index contributed by atoms with van der Waals surface area (Å²) >= 11 is 1.50. The number of rotatable bonds is 6. The van der Waals surface area contributed by atoms with E-state index in [-0.39, 0.29) is 0 Å². The topological polar surface area (TPSA) is 17.1 Å². The van der Waals surface area contributed by atoms with Crippen LogP contribution in [0.3, 0.4) is 0 Å². The van der Waals surface area contributed by atoms with Crippen molar-refractivity contribution in [3.05, 3.63) is 0 Å². The molecule has 66 valence electrons. The fourth-order valence-corrected chi connectivity index (χ4v) is 1.74. The Bertz CT molecular complexity index is 102. The van der Waals surface area contributed by atoms with E-state index in [1.807, 2.05) is 6.92 Å². The maximum Gasteiger partial charge on any atom is 0.188 e. The van der Waals surface area contributed by atoms with Crippen LogP contribution < -0.4 is 0 Å². The molecule has 0 N–H and O–H groups in total. The molecule has 0 rings (SSSR count). The summed E-state index contributed by atoms with van der Waals surface area (Å²) in [5.41, 5.74) is 0. The van der Waals surface area contributed by atoms with Crippen molar-refractivity contribution in [3.63, 3.8) is 0 Å². The lowest BCUT2D eigenvalue weighted by Crippen LogP contribution is -1.91. The molecule has 0 aromatic rings. The Balaban J connectivity index is 3.04. The van der Waals surface area contributed by atoms with E-state index in [1.54, 1.807) is 0 Å². The maximum atomic E-state index is 11.0. The highest BCUT2D eigenvalue weighted by atomic mass is 32.2. The Morgan fingerprint density at radius 3 is 2.45 bits per heavy atom. The lowest BCUT2D eigenvalue weighted by Gasteiger charge is -1.97. The zero-order chi connectivity index (χ0) is 8.53. The first-order valence-electron chi connectivity index (χ1n) is 4.46. The molecule has 0 amide bonds. The fraction of sp³-hybridized carbons (Fsp3) is 0.889. The summed E-state index contributed by atoms with van der Waals surface area (Å²) < 4.78 is 0. The highest BCUT2D eigenvalue weighted by molar-refractivity contribution is 8.13. The van der Waals surface area contributed by atoms with Gasteiger partial charge in [-0.25, -0.2) is 0 Å². The van der Waals surface area contributed by atoms with Crippen molar-refractivity contribution in [2.75, 3.05) is 5.75 Å². The third-order valence-electron chi connectivity index (χ3n) is 1.47. The SMILES string of the molecule is CCCCCSC(=O)CCC. The molecule has 0 heterocycles. The summed E-state index contributed by atoms with van der Waals surface area (Å²) in [5.74, 6) is 1.02. The molecule has 0 saturated carbocycles. The quantitative estimate of drug-likeness (QED) is 0.575. The highest BCUT2D eigenvalue weighted by Crippen LogP contribution is 2.10. The lowest BCUT2D eigenvalue weighted by atomic mass is 10.3. The average Bonchev–Trinajstić information content (AvgIpc) is 1.99. The smallest absolute Gasteiger partial charge is 0.188 e. The standard InChI is InChI=1S/C9H18OS/c1-3-5-6-8-11-9(10)7-4-2/h3-8H2,1-2H3. The lowest BCUT2D eigenvalue weighted by molar-refractivity contribution is -0.111. The van der Waals surface area contributed by atoms with E-state index in [0.29, 0.717) is 5.12 Å². The van der Waals surface area contributed by atoms with Crippen molar-refractivity contribution in [3.8, 4) is 0 Å². The Morgan fingerprint density at radius 2 is 1.91 bits per heavy atom. The van der Waals surface area contributed by atoms with Gasteiger partial charge < -0.3 is 0 Å². The van der Waals surface area contributed by atoms with Crippen molar-refractivity contribution in [1.82, 2.24) is 0 Å². The predicted octanol–water partition coefficient (Wildman–Crippen LogP) is 3.24. The van der Waals surface area contributed by atoms with Crippen LogP contribution in [0.5, 0.6) is 0 Å². The van der Waals surface area contributed by atoms with E-state index >= 15 is 0 Å². The summed E-state index contributed by atoms with van der Waals surface area (Å²) in [4.78, 5) is 11.0. The molecule has 0 unspecified atom stereocenters. The van der Waals surface area contributed by atoms with Crippen molar-refractivity contribution in [2.24, 2.45) is 0 Å². The van der Waals surface area contributed by atoms with E-state index in [0.717, 1.165) is 18.6 Å². The number of carbonyl (C=O) groups is 1. The summed E-state index contributed by atoms with van der Waals surface area (Å²) in [5, 5.41) is 0.364. The van der Waals surface area contributed by atoms with Gasteiger partial charge in [0.2, 0.25) is 0 Å². The van der Waals surface area contributed by atoms with E-state index in [1.165, 1.54) is 31.0 Å². The zero-order valence-electron chi connectivity index (χ0n) is 7.56. The van der Waals surface area contributed by atoms with Gasteiger partial charge in [0.15, 0.2) is 5.12 Å². The molecule has 1 nitrogen and oxygen atoms in total. The second-order valence-electron chi connectivity index (χ2n) is 2.68. The maximum absolute atomic E-state index is 11.0. The van der Waals surface area contributed by atoms with Crippen LogP contribution in [0.15, 0.2) is 0 Å². The first kappa shape index (κ1) is 11.0. The van der Waals surface area contributed by atoms with Crippen LogP contribution >= 0.6 is 11.8 Å². The number of hydrogen-bond acceptors (Lipinski definition) is 2. The molecule has 0 aromatic heterocycles. The van der Waals surface area contributed by atoms with Crippen molar-refractivity contribution in [1.29, 1.82) is 0 Å². The van der Waals surface area contributed by atoms with Gasteiger partial charge in [-0.1, -0.05) is 38.5 Å². The molecule has 0 aliphatic heterocycles. The molecule has 0 radical (unpaired) electrons. The minimum atomic E-state index is 0.364. The predicted molar refractivity (Wildman–Crippen MR) is 51.9 cm³/mol. The molecule has 11 heavy (non-hydrogen) atoms. The second kappa shape index (κ2) is 8.12. The average molecular weight is 174 g/mol. The van der Waals surface area contributed by atoms with Crippen LogP contribution in [0.1, 0.15) is 46.0 Å². The molecule has 0 spiro atoms. The molecule has 0 saturated heterocycles. The number of thioether (sulfide) groups is 1. The van der Waals surface area contributed by atoms with Gasteiger partial charge in [-0.2, -0.15) is 0 Å². The van der Waals surface area contributed by atoms with Gasteiger partial charge in [0.05, 0.1) is 0 Å². The Kier molecular flexibility index (Phi) is 8.13. The monoisotopic (exact) mass is 174 g/mol. The zero-order valence-corrected chi connectivity index (χ0v) is 8.38. The first-order chi connectivity index (χ1) is 5.31. The van der Waals surface area contributed by atoms with E-state index in [9.17, 15) is 4.79 Å². The number of hydrogen-bond donors (Lipinski definition) is 0. The number of unbranched alkanes of at least 4 members (excludes halogenated alkanes) is 2. The summed E-state index contributed by atoms with van der Waals surface area (Å²) in [6.07, 6.45) is 5.42. The second-order valence-corrected chi connectivity index (χ2v) is 3.83.